The Morgan fingerprint density at radius 1 is 1.40 bits per heavy atom. The quantitative estimate of drug-likeness (QED) is 0.800. The summed E-state index contributed by atoms with van der Waals surface area (Å²) in [5.74, 6) is -1.01. The van der Waals surface area contributed by atoms with Crippen LogP contribution in [-0.4, -0.2) is 35.9 Å². The maximum Gasteiger partial charge on any atom is 0.338 e. The molecule has 0 aliphatic carbocycles. The Bertz CT molecular complexity index is 557. The van der Waals surface area contributed by atoms with Gasteiger partial charge in [-0.15, -0.1) is 0 Å². The van der Waals surface area contributed by atoms with E-state index in [4.69, 9.17) is 0 Å². The van der Waals surface area contributed by atoms with Gasteiger partial charge in [-0.25, -0.2) is 4.79 Å². The summed E-state index contributed by atoms with van der Waals surface area (Å²) in [6, 6.07) is 6.48. The van der Waals surface area contributed by atoms with Crippen molar-refractivity contribution in [1.82, 2.24) is 5.32 Å². The molecular formula is C14H15N2O3S. The molecular weight excluding hydrogens is 276 g/mol. The number of hydrogen-bond acceptors (Lipinski definition) is 4. The molecule has 1 aromatic carbocycles. The number of amidine groups is 1. The van der Waals surface area contributed by atoms with Crippen LogP contribution < -0.4 is 5.32 Å². The molecule has 105 valence electrons. The maximum atomic E-state index is 12.2. The van der Waals surface area contributed by atoms with Gasteiger partial charge in [-0.3, -0.25) is 10.1 Å². The third kappa shape index (κ3) is 3.19. The zero-order chi connectivity index (χ0) is 14.5. The van der Waals surface area contributed by atoms with Gasteiger partial charge in [0.1, 0.15) is 0 Å². The molecule has 0 saturated carbocycles. The molecule has 0 spiro atoms. The fourth-order valence-electron chi connectivity index (χ4n) is 1.78. The molecule has 6 heteroatoms. The zero-order valence-corrected chi connectivity index (χ0v) is 12.1. The normalized spacial score (nSPS) is 19.7. The minimum atomic E-state index is -0.545. The van der Waals surface area contributed by atoms with Crippen LogP contribution in [-0.2, 0) is 4.74 Å². The molecule has 0 aromatic heterocycles. The van der Waals surface area contributed by atoms with Crippen molar-refractivity contribution in [2.75, 3.05) is 13.7 Å². The van der Waals surface area contributed by atoms with Crippen LogP contribution in [0.4, 0.5) is 0 Å². The molecule has 1 radical (unpaired) electrons. The highest BCUT2D eigenvalue weighted by Gasteiger charge is 2.23. The van der Waals surface area contributed by atoms with E-state index in [-0.39, 0.29) is 11.1 Å². The summed E-state index contributed by atoms with van der Waals surface area (Å²) in [6.45, 7) is 2.76. The number of benzene rings is 1. The number of rotatable bonds is 3. The highest BCUT2D eigenvalue weighted by atomic mass is 32.2. The standard InChI is InChI=1S/C14H15N2O3S/c1-3-9-8-15-14(20-9)16-12(17)10-6-4-5-7-11(10)13(18)19-2/h4-7,9H,3,8H2,1-2H3. The minimum absolute atomic E-state index is 0.222. The first-order valence-corrected chi connectivity index (χ1v) is 7.18. The summed E-state index contributed by atoms with van der Waals surface area (Å²) in [4.78, 5) is 27.8. The van der Waals surface area contributed by atoms with Crippen molar-refractivity contribution in [1.29, 1.82) is 0 Å². The van der Waals surface area contributed by atoms with Gasteiger partial charge in [0, 0.05) is 5.25 Å². The Balaban J connectivity index is 2.22. The smallest absolute Gasteiger partial charge is 0.338 e. The van der Waals surface area contributed by atoms with Crippen molar-refractivity contribution in [3.8, 4) is 0 Å². The Labute approximate surface area is 121 Å². The van der Waals surface area contributed by atoms with Gasteiger partial charge < -0.3 is 4.74 Å². The van der Waals surface area contributed by atoms with Gasteiger partial charge in [-0.1, -0.05) is 30.8 Å². The predicted octanol–water partition coefficient (Wildman–Crippen LogP) is 2.10. The van der Waals surface area contributed by atoms with E-state index in [9.17, 15) is 9.59 Å². The third-order valence-corrected chi connectivity index (χ3v) is 4.16. The van der Waals surface area contributed by atoms with E-state index >= 15 is 0 Å². The molecule has 1 heterocycles. The summed E-state index contributed by atoms with van der Waals surface area (Å²) < 4.78 is 4.66. The Morgan fingerprint density at radius 2 is 2.10 bits per heavy atom. The van der Waals surface area contributed by atoms with E-state index < -0.39 is 11.9 Å². The van der Waals surface area contributed by atoms with E-state index in [2.05, 4.69) is 22.0 Å². The first kappa shape index (κ1) is 14.6. The predicted molar refractivity (Wildman–Crippen MR) is 78.2 cm³/mol. The van der Waals surface area contributed by atoms with Crippen LogP contribution in [0.3, 0.4) is 0 Å². The number of carbonyl (C=O) groups excluding carboxylic acids is 2. The molecule has 1 saturated heterocycles. The van der Waals surface area contributed by atoms with Crippen LogP contribution in [0.15, 0.2) is 29.3 Å². The molecule has 1 fully saturated rings. The van der Waals surface area contributed by atoms with Crippen LogP contribution >= 0.6 is 11.8 Å². The molecule has 1 aliphatic rings. The second-order valence-corrected chi connectivity index (χ2v) is 5.49. The summed E-state index contributed by atoms with van der Waals surface area (Å²) in [5, 5.41) is 5.10. The van der Waals surface area contributed by atoms with Crippen LogP contribution in [0.1, 0.15) is 34.1 Å². The van der Waals surface area contributed by atoms with Crippen molar-refractivity contribution in [2.45, 2.75) is 18.6 Å². The van der Waals surface area contributed by atoms with Gasteiger partial charge in [0.25, 0.3) is 5.91 Å². The van der Waals surface area contributed by atoms with E-state index in [1.54, 1.807) is 24.3 Å². The topological polar surface area (TPSA) is 69.8 Å². The van der Waals surface area contributed by atoms with Gasteiger partial charge in [0.2, 0.25) is 0 Å². The van der Waals surface area contributed by atoms with Gasteiger partial charge in [-0.05, 0) is 18.6 Å². The maximum absolute atomic E-state index is 12.2. The second-order valence-electron chi connectivity index (χ2n) is 4.23. The lowest BCUT2D eigenvalue weighted by molar-refractivity contribution is 0.0597. The molecule has 1 amide bonds. The number of aliphatic imine (C=N–C) groups is 1. The van der Waals surface area contributed by atoms with Crippen molar-refractivity contribution in [3.05, 3.63) is 35.4 Å². The summed E-state index contributed by atoms with van der Waals surface area (Å²) in [7, 11) is 1.28. The van der Waals surface area contributed by atoms with Crippen molar-refractivity contribution in [3.63, 3.8) is 0 Å². The summed E-state index contributed by atoms with van der Waals surface area (Å²) >= 11 is 1.50. The largest absolute Gasteiger partial charge is 0.465 e. The van der Waals surface area contributed by atoms with Crippen molar-refractivity contribution >= 4 is 28.8 Å². The van der Waals surface area contributed by atoms with E-state index in [0.717, 1.165) is 6.42 Å². The van der Waals surface area contributed by atoms with Crippen LogP contribution in [0.2, 0.25) is 0 Å². The highest BCUT2D eigenvalue weighted by Crippen LogP contribution is 2.22. The van der Waals surface area contributed by atoms with Gasteiger partial charge in [0.15, 0.2) is 5.17 Å². The SMILES string of the molecule is CCC1C[N]C(=NC(=O)c2ccccc2C(=O)OC)S1. The summed E-state index contributed by atoms with van der Waals surface area (Å²) in [6.07, 6.45) is 0.986. The number of amides is 1. The molecule has 2 rings (SSSR count). The molecule has 20 heavy (non-hydrogen) atoms. The monoisotopic (exact) mass is 291 g/mol. The Morgan fingerprint density at radius 3 is 2.70 bits per heavy atom. The fraction of sp³-hybridized carbons (Fsp3) is 0.357. The molecule has 5 nitrogen and oxygen atoms in total. The molecule has 1 atom stereocenters. The number of nitrogens with zero attached hydrogens (tertiary/aromatic N) is 2. The number of thioether (sulfide) groups is 1. The average Bonchev–Trinajstić information content (AvgIpc) is 2.94. The fourth-order valence-corrected chi connectivity index (χ4v) is 2.68. The van der Waals surface area contributed by atoms with Crippen LogP contribution in [0.5, 0.6) is 0 Å². The van der Waals surface area contributed by atoms with Crippen LogP contribution in [0, 0.1) is 0 Å². The summed E-state index contributed by atoms with van der Waals surface area (Å²) in [5.41, 5.74) is 0.460. The molecule has 0 bridgehead atoms. The van der Waals surface area contributed by atoms with E-state index in [1.807, 2.05) is 0 Å². The Kier molecular flexibility index (Phi) is 4.79. The number of methoxy groups -OCH3 is 1. The van der Waals surface area contributed by atoms with Crippen molar-refractivity contribution < 1.29 is 14.3 Å². The molecule has 0 N–H and O–H groups in total. The van der Waals surface area contributed by atoms with E-state index in [1.165, 1.54) is 18.9 Å². The number of hydrogen-bond donors (Lipinski definition) is 0. The molecule has 1 aliphatic heterocycles. The Hall–Kier alpha value is -1.82. The van der Waals surface area contributed by atoms with Crippen molar-refractivity contribution in [2.24, 2.45) is 4.99 Å². The second kappa shape index (κ2) is 6.56. The van der Waals surface area contributed by atoms with Gasteiger partial charge in [0.05, 0.1) is 24.8 Å². The van der Waals surface area contributed by atoms with Crippen LogP contribution in [0.25, 0.3) is 0 Å². The highest BCUT2D eigenvalue weighted by molar-refractivity contribution is 8.14. The van der Waals surface area contributed by atoms with E-state index in [0.29, 0.717) is 17.0 Å². The first-order chi connectivity index (χ1) is 9.65. The number of ether oxygens (including phenoxy) is 1. The lowest BCUT2D eigenvalue weighted by Crippen LogP contribution is -2.12. The minimum Gasteiger partial charge on any atom is -0.465 e. The lowest BCUT2D eigenvalue weighted by atomic mass is 10.1. The lowest BCUT2D eigenvalue weighted by Gasteiger charge is -2.04. The van der Waals surface area contributed by atoms with Gasteiger partial charge in [-0.2, -0.15) is 4.99 Å². The third-order valence-electron chi connectivity index (χ3n) is 2.92. The van der Waals surface area contributed by atoms with Gasteiger partial charge >= 0.3 is 5.97 Å². The molecule has 1 aromatic rings. The number of carbonyl (C=O) groups is 2. The molecule has 1 unspecified atom stereocenters. The first-order valence-electron chi connectivity index (χ1n) is 6.30. The number of esters is 1. The average molecular weight is 291 g/mol. The zero-order valence-electron chi connectivity index (χ0n) is 11.3.